The van der Waals surface area contributed by atoms with E-state index in [-0.39, 0.29) is 17.3 Å². The molecule has 1 heterocycles. The summed E-state index contributed by atoms with van der Waals surface area (Å²) in [5, 5.41) is 9.43. The van der Waals surface area contributed by atoms with Crippen molar-refractivity contribution in [2.75, 3.05) is 0 Å². The highest BCUT2D eigenvalue weighted by molar-refractivity contribution is 5.30. The van der Waals surface area contributed by atoms with Crippen molar-refractivity contribution in [3.05, 3.63) is 29.6 Å². The third kappa shape index (κ3) is 3.13. The van der Waals surface area contributed by atoms with E-state index in [2.05, 4.69) is 0 Å². The van der Waals surface area contributed by atoms with Gasteiger partial charge in [-0.25, -0.2) is 4.39 Å². The number of rotatable bonds is 3. The zero-order chi connectivity index (χ0) is 15.1. The van der Waals surface area contributed by atoms with Gasteiger partial charge in [0.05, 0.1) is 11.7 Å². The smallest absolute Gasteiger partial charge is 0.132 e. The van der Waals surface area contributed by atoms with Crippen LogP contribution in [0.25, 0.3) is 0 Å². The summed E-state index contributed by atoms with van der Waals surface area (Å²) in [5.74, 6) is 0.0137. The van der Waals surface area contributed by atoms with Crippen molar-refractivity contribution >= 4 is 0 Å². The fraction of sp³-hybridized carbons (Fsp3) is 0.625. The highest BCUT2D eigenvalue weighted by Gasteiger charge is 2.47. The van der Waals surface area contributed by atoms with Crippen LogP contribution in [0.1, 0.15) is 52.7 Å². The van der Waals surface area contributed by atoms with E-state index >= 15 is 0 Å². The monoisotopic (exact) mass is 282 g/mol. The van der Waals surface area contributed by atoms with Crippen LogP contribution in [0.5, 0.6) is 5.75 Å². The number of hydrogen-bond donors (Lipinski definition) is 1. The van der Waals surface area contributed by atoms with Gasteiger partial charge >= 0.3 is 0 Å². The molecule has 0 aliphatic carbocycles. The van der Waals surface area contributed by atoms with Gasteiger partial charge in [-0.3, -0.25) is 0 Å². The van der Waals surface area contributed by atoms with Gasteiger partial charge in [-0.1, -0.05) is 0 Å². The van der Waals surface area contributed by atoms with Gasteiger partial charge in [0.2, 0.25) is 0 Å². The SMILES string of the molecule is C[C@H](O)c1ccc(OC2CC(C)(C)OC2(C)C)cc1F. The van der Waals surface area contributed by atoms with Crippen LogP contribution in [-0.2, 0) is 4.74 Å². The lowest BCUT2D eigenvalue weighted by molar-refractivity contribution is -0.0846. The minimum Gasteiger partial charge on any atom is -0.487 e. The molecule has 1 aliphatic rings. The van der Waals surface area contributed by atoms with Crippen LogP contribution in [0, 0.1) is 5.82 Å². The highest BCUT2D eigenvalue weighted by atomic mass is 19.1. The molecule has 0 amide bonds. The van der Waals surface area contributed by atoms with Crippen LogP contribution >= 0.6 is 0 Å². The van der Waals surface area contributed by atoms with Gasteiger partial charge in [0.1, 0.15) is 23.3 Å². The van der Waals surface area contributed by atoms with E-state index in [1.807, 2.05) is 27.7 Å². The average Bonchev–Trinajstić information content (AvgIpc) is 2.45. The van der Waals surface area contributed by atoms with E-state index in [4.69, 9.17) is 9.47 Å². The van der Waals surface area contributed by atoms with Gasteiger partial charge in [0.25, 0.3) is 0 Å². The molecule has 1 unspecified atom stereocenters. The van der Waals surface area contributed by atoms with Crippen molar-refractivity contribution in [1.82, 2.24) is 0 Å². The number of aliphatic hydroxyl groups is 1. The van der Waals surface area contributed by atoms with Crippen molar-refractivity contribution in [2.24, 2.45) is 0 Å². The molecule has 112 valence electrons. The highest BCUT2D eigenvalue weighted by Crippen LogP contribution is 2.39. The van der Waals surface area contributed by atoms with Crippen LogP contribution < -0.4 is 4.74 Å². The Bertz CT molecular complexity index is 494. The van der Waals surface area contributed by atoms with Gasteiger partial charge in [-0.2, -0.15) is 0 Å². The Balaban J connectivity index is 2.17. The summed E-state index contributed by atoms with van der Waals surface area (Å²) in [4.78, 5) is 0. The fourth-order valence-electron chi connectivity index (χ4n) is 2.78. The Kier molecular flexibility index (Phi) is 3.82. The van der Waals surface area contributed by atoms with E-state index in [1.54, 1.807) is 12.1 Å². The van der Waals surface area contributed by atoms with Crippen LogP contribution in [0.15, 0.2) is 18.2 Å². The summed E-state index contributed by atoms with van der Waals surface area (Å²) < 4.78 is 25.7. The summed E-state index contributed by atoms with van der Waals surface area (Å²) in [6.07, 6.45) is -0.205. The Labute approximate surface area is 119 Å². The topological polar surface area (TPSA) is 38.7 Å². The van der Waals surface area contributed by atoms with Gasteiger partial charge in [-0.05, 0) is 46.8 Å². The predicted molar refractivity (Wildman–Crippen MR) is 75.3 cm³/mol. The summed E-state index contributed by atoms with van der Waals surface area (Å²) in [6.45, 7) is 9.54. The molecular weight excluding hydrogens is 259 g/mol. The molecule has 0 saturated carbocycles. The molecule has 0 spiro atoms. The minimum atomic E-state index is -0.825. The van der Waals surface area contributed by atoms with Gasteiger partial charge in [0.15, 0.2) is 0 Å². The molecule has 4 heteroatoms. The number of benzene rings is 1. The van der Waals surface area contributed by atoms with Crippen molar-refractivity contribution in [2.45, 2.75) is 64.4 Å². The number of halogens is 1. The first-order valence-electron chi connectivity index (χ1n) is 6.95. The second-order valence-corrected chi connectivity index (χ2v) is 6.64. The third-order valence-electron chi connectivity index (χ3n) is 3.69. The minimum absolute atomic E-state index is 0.130. The van der Waals surface area contributed by atoms with Crippen molar-refractivity contribution < 1.29 is 19.0 Å². The molecule has 20 heavy (non-hydrogen) atoms. The molecule has 2 rings (SSSR count). The van der Waals surface area contributed by atoms with Crippen LogP contribution in [0.4, 0.5) is 4.39 Å². The molecule has 1 aliphatic heterocycles. The third-order valence-corrected chi connectivity index (χ3v) is 3.69. The summed E-state index contributed by atoms with van der Waals surface area (Å²) in [6, 6.07) is 4.57. The first-order valence-corrected chi connectivity index (χ1v) is 6.95. The Hall–Kier alpha value is -1.13. The molecular formula is C16H23FO3. The summed E-state index contributed by atoms with van der Waals surface area (Å²) >= 11 is 0. The van der Waals surface area contributed by atoms with Crippen LogP contribution in [0.2, 0.25) is 0 Å². The zero-order valence-electron chi connectivity index (χ0n) is 12.7. The molecule has 0 radical (unpaired) electrons. The van der Waals surface area contributed by atoms with Crippen molar-refractivity contribution in [3.63, 3.8) is 0 Å². The quantitative estimate of drug-likeness (QED) is 0.920. The van der Waals surface area contributed by atoms with Crippen LogP contribution in [-0.4, -0.2) is 22.4 Å². The lowest BCUT2D eigenvalue weighted by Crippen LogP contribution is -2.36. The first-order chi connectivity index (χ1) is 9.11. The van der Waals surface area contributed by atoms with E-state index in [0.717, 1.165) is 6.42 Å². The molecule has 3 nitrogen and oxygen atoms in total. The second-order valence-electron chi connectivity index (χ2n) is 6.64. The fourth-order valence-corrected chi connectivity index (χ4v) is 2.78. The molecule has 1 aromatic rings. The predicted octanol–water partition coefficient (Wildman–Crippen LogP) is 3.60. The van der Waals surface area contributed by atoms with Crippen molar-refractivity contribution in [3.8, 4) is 5.75 Å². The molecule has 0 aromatic heterocycles. The molecule has 2 atom stereocenters. The number of ether oxygens (including phenoxy) is 2. The lowest BCUT2D eigenvalue weighted by atomic mass is 9.97. The Morgan fingerprint density at radius 1 is 1.35 bits per heavy atom. The maximum Gasteiger partial charge on any atom is 0.132 e. The molecule has 1 N–H and O–H groups in total. The van der Waals surface area contributed by atoms with E-state index < -0.39 is 17.5 Å². The number of aliphatic hydroxyl groups excluding tert-OH is 1. The Morgan fingerprint density at radius 2 is 2.00 bits per heavy atom. The van der Waals surface area contributed by atoms with Gasteiger partial charge in [0, 0.05) is 18.1 Å². The zero-order valence-corrected chi connectivity index (χ0v) is 12.7. The summed E-state index contributed by atoms with van der Waals surface area (Å²) in [7, 11) is 0. The van der Waals surface area contributed by atoms with Crippen molar-refractivity contribution in [1.29, 1.82) is 0 Å². The Morgan fingerprint density at radius 3 is 2.45 bits per heavy atom. The average molecular weight is 282 g/mol. The maximum atomic E-state index is 13.8. The normalized spacial score (nSPS) is 25.4. The second kappa shape index (κ2) is 5.01. The maximum absolute atomic E-state index is 13.8. The molecule has 0 bridgehead atoms. The molecule has 1 fully saturated rings. The molecule has 1 aromatic carbocycles. The summed E-state index contributed by atoms with van der Waals surface area (Å²) in [5.41, 5.74) is -0.380. The van der Waals surface area contributed by atoms with E-state index in [9.17, 15) is 9.50 Å². The van der Waals surface area contributed by atoms with E-state index in [0.29, 0.717) is 5.75 Å². The largest absolute Gasteiger partial charge is 0.487 e. The van der Waals surface area contributed by atoms with Crippen LogP contribution in [0.3, 0.4) is 0 Å². The lowest BCUT2D eigenvalue weighted by Gasteiger charge is -2.27. The first kappa shape index (κ1) is 15.3. The standard InChI is InChI=1S/C16H23FO3/c1-10(18)12-7-6-11(8-13(12)17)19-14-9-15(2,3)20-16(14,4)5/h6-8,10,14,18H,9H2,1-5H3/t10-,14?/m0/s1. The molecule has 1 saturated heterocycles. The number of hydrogen-bond acceptors (Lipinski definition) is 3. The van der Waals surface area contributed by atoms with E-state index in [1.165, 1.54) is 13.0 Å². The van der Waals surface area contributed by atoms with Gasteiger partial charge < -0.3 is 14.6 Å². The van der Waals surface area contributed by atoms with Gasteiger partial charge in [-0.15, -0.1) is 0 Å².